The highest BCUT2D eigenvalue weighted by molar-refractivity contribution is 6.00. The number of hydrogen-bond acceptors (Lipinski definition) is 5. The van der Waals surface area contributed by atoms with Gasteiger partial charge >= 0.3 is 0 Å². The monoisotopic (exact) mass is 374 g/mol. The van der Waals surface area contributed by atoms with Crippen LogP contribution in [0.3, 0.4) is 0 Å². The number of aliphatic hydroxyl groups is 1. The highest BCUT2D eigenvalue weighted by Gasteiger charge is 2.43. The predicted molar refractivity (Wildman–Crippen MR) is 101 cm³/mol. The molecule has 1 fully saturated rings. The number of halogens is 1. The van der Waals surface area contributed by atoms with Gasteiger partial charge in [-0.15, -0.1) is 0 Å². The van der Waals surface area contributed by atoms with Crippen LogP contribution in [-0.4, -0.2) is 52.8 Å². The zero-order chi connectivity index (χ0) is 19.8. The van der Waals surface area contributed by atoms with Crippen molar-refractivity contribution in [1.29, 1.82) is 0 Å². The molecule has 2 heterocycles. The first-order chi connectivity index (χ1) is 12.7. The zero-order valence-corrected chi connectivity index (χ0v) is 15.5. The highest BCUT2D eigenvalue weighted by Crippen LogP contribution is 2.27. The summed E-state index contributed by atoms with van der Waals surface area (Å²) in [6, 6.07) is 5.94. The molecule has 8 heteroatoms. The van der Waals surface area contributed by atoms with E-state index in [-0.39, 0.29) is 41.5 Å². The summed E-state index contributed by atoms with van der Waals surface area (Å²) < 4.78 is 15.5. The van der Waals surface area contributed by atoms with Gasteiger partial charge in [0.2, 0.25) is 0 Å². The third-order valence-electron chi connectivity index (χ3n) is 4.62. The van der Waals surface area contributed by atoms with Crippen LogP contribution in [0, 0.1) is 12.7 Å². The second-order valence-corrected chi connectivity index (χ2v) is 7.07. The van der Waals surface area contributed by atoms with E-state index >= 15 is 0 Å². The minimum absolute atomic E-state index is 0.179. The fourth-order valence-electron chi connectivity index (χ4n) is 3.19. The molecule has 0 unspecified atom stereocenters. The number of rotatable bonds is 5. The third kappa shape index (κ3) is 3.86. The first-order valence-corrected chi connectivity index (χ1v) is 8.62. The number of carbonyl (C=O) groups excluding carboxylic acids is 1. The van der Waals surface area contributed by atoms with Crippen molar-refractivity contribution in [2.75, 3.05) is 32.0 Å². The molecule has 0 saturated carbocycles. The van der Waals surface area contributed by atoms with Gasteiger partial charge < -0.3 is 25.2 Å². The van der Waals surface area contributed by atoms with Crippen molar-refractivity contribution >= 4 is 17.3 Å². The van der Waals surface area contributed by atoms with Gasteiger partial charge in [0, 0.05) is 25.9 Å². The summed E-state index contributed by atoms with van der Waals surface area (Å²) in [5.74, 6) is -0.803. The maximum Gasteiger partial charge on any atom is 0.257 e. The van der Waals surface area contributed by atoms with E-state index < -0.39 is 11.4 Å². The number of anilines is 2. The molecule has 0 radical (unpaired) electrons. The number of likely N-dealkylation sites (tertiary alicyclic amines) is 1. The van der Waals surface area contributed by atoms with E-state index in [0.29, 0.717) is 6.54 Å². The number of hydrogen-bond donors (Lipinski definition) is 3. The van der Waals surface area contributed by atoms with Crippen molar-refractivity contribution < 1.29 is 14.3 Å². The van der Waals surface area contributed by atoms with E-state index in [2.05, 4.69) is 10.6 Å². The van der Waals surface area contributed by atoms with E-state index in [1.807, 2.05) is 0 Å². The summed E-state index contributed by atoms with van der Waals surface area (Å²) in [5, 5.41) is 16.0. The highest BCUT2D eigenvalue weighted by atomic mass is 19.1. The van der Waals surface area contributed by atoms with Crippen LogP contribution >= 0.6 is 0 Å². The Morgan fingerprint density at radius 1 is 1.30 bits per heavy atom. The summed E-state index contributed by atoms with van der Waals surface area (Å²) in [7, 11) is 3.27. The molecule has 0 atom stereocenters. The summed E-state index contributed by atoms with van der Waals surface area (Å²) in [5.41, 5.74) is 0.137. The Balaban J connectivity index is 1.90. The van der Waals surface area contributed by atoms with Gasteiger partial charge in [0.1, 0.15) is 11.4 Å². The molecule has 1 aliphatic heterocycles. The van der Waals surface area contributed by atoms with Crippen molar-refractivity contribution in [1.82, 2.24) is 14.8 Å². The van der Waals surface area contributed by atoms with Gasteiger partial charge in [0.05, 0.1) is 30.0 Å². The molecular formula is C19H23FN4O3. The van der Waals surface area contributed by atoms with Crippen LogP contribution < -0.4 is 16.2 Å². The number of likely N-dealkylation sites (N-methyl/N-ethyl adjacent to an activating group) is 1. The van der Waals surface area contributed by atoms with Crippen molar-refractivity contribution in [3.63, 3.8) is 0 Å². The lowest BCUT2D eigenvalue weighted by Crippen LogP contribution is -2.67. The first-order valence-electron chi connectivity index (χ1n) is 8.62. The Labute approximate surface area is 156 Å². The maximum atomic E-state index is 14.2. The van der Waals surface area contributed by atoms with Crippen molar-refractivity contribution in [3.05, 3.63) is 57.8 Å². The van der Waals surface area contributed by atoms with E-state index in [0.717, 1.165) is 5.56 Å². The first kappa shape index (κ1) is 19.1. The number of nitrogens with one attached hydrogen (secondary N) is 2. The van der Waals surface area contributed by atoms with Crippen LogP contribution in [0.2, 0.25) is 0 Å². The number of β-amino-alcohol motifs (C(OH)–C–C–N with tert-alkyl or cyclic N) is 1. The van der Waals surface area contributed by atoms with Crippen molar-refractivity contribution in [2.45, 2.75) is 12.5 Å². The Hall–Kier alpha value is -2.71. The molecule has 3 rings (SSSR count). The van der Waals surface area contributed by atoms with E-state index in [9.17, 15) is 19.1 Å². The molecule has 144 valence electrons. The largest absolute Gasteiger partial charge is 0.385 e. The number of carbonyl (C=O) groups is 1. The standard InChI is InChI=1S/C19H23FN4O3/c1-12-4-5-15(14(20)6-12)22-16-7-17(25)23(3)8-13(16)18(26)24-10-19(27,11-24)9-21-2/h4-8,21-22,27H,9-11H2,1-3H3. The molecule has 1 aliphatic rings. The molecule has 2 aromatic rings. The van der Waals surface area contributed by atoms with Gasteiger partial charge in [-0.1, -0.05) is 6.07 Å². The maximum absolute atomic E-state index is 14.2. The lowest BCUT2D eigenvalue weighted by molar-refractivity contribution is -0.0775. The molecule has 0 bridgehead atoms. The van der Waals surface area contributed by atoms with Crippen LogP contribution in [-0.2, 0) is 7.05 Å². The molecule has 0 aliphatic carbocycles. The van der Waals surface area contributed by atoms with Gasteiger partial charge in [0.15, 0.2) is 0 Å². The Kier molecular flexibility index (Phi) is 5.03. The van der Waals surface area contributed by atoms with Crippen LogP contribution in [0.5, 0.6) is 0 Å². The Bertz CT molecular complexity index is 935. The van der Waals surface area contributed by atoms with Crippen LogP contribution in [0.25, 0.3) is 0 Å². The molecular weight excluding hydrogens is 351 g/mol. The average Bonchev–Trinajstić information content (AvgIpc) is 2.57. The lowest BCUT2D eigenvalue weighted by Gasteiger charge is -2.46. The summed E-state index contributed by atoms with van der Waals surface area (Å²) >= 11 is 0. The van der Waals surface area contributed by atoms with Gasteiger partial charge in [-0.05, 0) is 31.7 Å². The molecule has 1 aromatic heterocycles. The number of aryl methyl sites for hydroxylation is 2. The van der Waals surface area contributed by atoms with Crippen LogP contribution in [0.4, 0.5) is 15.8 Å². The van der Waals surface area contributed by atoms with Crippen molar-refractivity contribution in [3.8, 4) is 0 Å². The number of amides is 1. The van der Waals surface area contributed by atoms with Gasteiger partial charge in [-0.3, -0.25) is 9.59 Å². The molecule has 1 amide bonds. The Morgan fingerprint density at radius 3 is 2.63 bits per heavy atom. The van der Waals surface area contributed by atoms with Crippen LogP contribution in [0.15, 0.2) is 35.3 Å². The average molecular weight is 374 g/mol. The topological polar surface area (TPSA) is 86.6 Å². The van der Waals surface area contributed by atoms with E-state index in [4.69, 9.17) is 0 Å². The fraction of sp³-hybridized carbons (Fsp3) is 0.368. The summed E-state index contributed by atoms with van der Waals surface area (Å²) in [4.78, 5) is 26.4. The quantitative estimate of drug-likeness (QED) is 0.726. The van der Waals surface area contributed by atoms with Crippen molar-refractivity contribution in [2.24, 2.45) is 7.05 Å². The van der Waals surface area contributed by atoms with Gasteiger partial charge in [-0.2, -0.15) is 0 Å². The molecule has 0 spiro atoms. The lowest BCUT2D eigenvalue weighted by atomic mass is 9.93. The molecule has 1 saturated heterocycles. The smallest absolute Gasteiger partial charge is 0.257 e. The molecule has 1 aromatic carbocycles. The number of aromatic nitrogens is 1. The zero-order valence-electron chi connectivity index (χ0n) is 15.5. The van der Waals surface area contributed by atoms with Gasteiger partial charge in [-0.25, -0.2) is 4.39 Å². The third-order valence-corrected chi connectivity index (χ3v) is 4.62. The van der Waals surface area contributed by atoms with Gasteiger partial charge in [0.25, 0.3) is 11.5 Å². The second kappa shape index (κ2) is 7.13. The fourth-order valence-corrected chi connectivity index (χ4v) is 3.19. The number of nitrogens with zero attached hydrogens (tertiary/aromatic N) is 2. The number of benzene rings is 1. The molecule has 27 heavy (non-hydrogen) atoms. The minimum atomic E-state index is -0.957. The normalized spacial score (nSPS) is 15.4. The summed E-state index contributed by atoms with van der Waals surface area (Å²) in [6.07, 6.45) is 1.43. The second-order valence-electron chi connectivity index (χ2n) is 7.07. The number of pyridine rings is 1. The van der Waals surface area contributed by atoms with E-state index in [1.165, 1.54) is 27.8 Å². The van der Waals surface area contributed by atoms with E-state index in [1.54, 1.807) is 33.2 Å². The predicted octanol–water partition coefficient (Wildman–Crippen LogP) is 0.983. The SMILES string of the molecule is CNCC1(O)CN(C(=O)c2cn(C)c(=O)cc2Nc2ccc(C)cc2F)C1. The Morgan fingerprint density at radius 2 is 2.00 bits per heavy atom. The molecule has 3 N–H and O–H groups in total. The van der Waals surface area contributed by atoms with Crippen LogP contribution in [0.1, 0.15) is 15.9 Å². The minimum Gasteiger partial charge on any atom is -0.385 e. The summed E-state index contributed by atoms with van der Waals surface area (Å²) in [6.45, 7) is 2.53. The molecule has 7 nitrogen and oxygen atoms in total.